The van der Waals surface area contributed by atoms with Gasteiger partial charge in [-0.2, -0.15) is 0 Å². The number of aliphatic hydroxyl groups is 9. The predicted molar refractivity (Wildman–Crippen MR) is 367 cm³/mol. The summed E-state index contributed by atoms with van der Waals surface area (Å²) in [7, 11) is 0. The number of nitrogens with zero attached hydrogens (tertiary/aromatic N) is 3. The van der Waals surface area contributed by atoms with E-state index in [2.05, 4.69) is 20.9 Å². The van der Waals surface area contributed by atoms with Crippen molar-refractivity contribution in [2.24, 2.45) is 11.8 Å². The summed E-state index contributed by atoms with van der Waals surface area (Å²) in [5.74, 6) is -5.92. The van der Waals surface area contributed by atoms with Crippen molar-refractivity contribution in [1.82, 2.24) is 25.6 Å². The number of hydrogen-bond acceptors (Lipinski definition) is 29. The molecule has 24 atom stereocenters. The maximum Gasteiger partial charge on any atom is 0.341 e. The monoisotopic (exact) mass is 1490 g/mol. The molecule has 6 heterocycles. The second kappa shape index (κ2) is 35.3. The SMILES string of the molecule is CCC[C@H](OC1C(OC(=O)c2ccccc2)[C@H](O[C@@H]2CC(C(=O)NCCNC(=O)C3CC(OCc4cc5ccccc5oc4=O)C(O)[C@H](O[C@@H]4OC(CO)[C@H](O)C(OCc5cc6ccccc6oc5=O)C4O)C3)CC(n3cc(-c4ccccc4)nn3)C2O[C@@H]2OC(C)[C@@H](O)C(O)C2O)OC(CO)[C@@H]1O)C(=O)O. The quantitative estimate of drug-likeness (QED) is 0.0182. The van der Waals surface area contributed by atoms with Crippen molar-refractivity contribution >= 4 is 45.7 Å². The Morgan fingerprint density at radius 3 is 1.73 bits per heavy atom. The fourth-order valence-corrected chi connectivity index (χ4v) is 14.2. The molecule has 0 bridgehead atoms. The molecule has 3 aromatic heterocycles. The van der Waals surface area contributed by atoms with Crippen LogP contribution < -0.4 is 21.9 Å². The molecule has 33 nitrogen and oxygen atoms in total. The Kier molecular flexibility index (Phi) is 25.8. The van der Waals surface area contributed by atoms with Gasteiger partial charge in [0, 0.05) is 41.3 Å². The molecule has 0 spiro atoms. The second-order valence-corrected chi connectivity index (χ2v) is 27.3. The zero-order valence-electron chi connectivity index (χ0n) is 58.1. The summed E-state index contributed by atoms with van der Waals surface area (Å²) >= 11 is 0. The highest BCUT2D eigenvalue weighted by atomic mass is 16.8. The van der Waals surface area contributed by atoms with Crippen molar-refractivity contribution in [2.45, 2.75) is 200 Å². The largest absolute Gasteiger partial charge is 0.479 e. The summed E-state index contributed by atoms with van der Waals surface area (Å²) in [6, 6.07) is 31.9. The minimum absolute atomic E-state index is 0.00986. The first kappa shape index (κ1) is 78.2. The Hall–Kier alpha value is -8.40. The van der Waals surface area contributed by atoms with E-state index in [0.717, 1.165) is 0 Å². The van der Waals surface area contributed by atoms with Crippen LogP contribution in [0.3, 0.4) is 0 Å². The molecular formula is C74H87N5O28. The average molecular weight is 1490 g/mol. The summed E-state index contributed by atoms with van der Waals surface area (Å²) < 4.78 is 74.7. The number of carboxylic acids is 1. The highest BCUT2D eigenvalue weighted by Crippen LogP contribution is 2.42. The highest BCUT2D eigenvalue weighted by Gasteiger charge is 2.56. The molecule has 12 rings (SSSR count). The first-order chi connectivity index (χ1) is 51.6. The molecule has 2 amide bonds. The van der Waals surface area contributed by atoms with Crippen LogP contribution in [0.2, 0.25) is 0 Å². The zero-order valence-corrected chi connectivity index (χ0v) is 58.1. The molecule has 4 aromatic carbocycles. The molecule has 107 heavy (non-hydrogen) atoms. The number of rotatable bonds is 28. The standard InChI is InChI=1S/C74H87N5O28/c1-3-14-49(68(91)92)99-64-58(85)54(33-81)105-74(65(64)106-69(93)38-17-8-5-9-18-38)103-52-30-41(27-46(79-31-45(77-78-79)37-15-6-4-7-16-37)62(52)107-72-60(87)59(86)55(82)36(2)98-72)66(89)75-23-24-76-67(90)42-28-50(96-34-43-25-39-19-10-12-21-47(39)100-70(43)94)56(83)51(29-42)102-73-61(88)63(57(84)53(32-80)104-73)97-35-44-26-40-20-11-13-22-48(40)101-71(44)95/h4-13,15-22,25-26,31,36,41-42,46,49-65,72-74,80-88H,3,14,23-24,27-30,32-35H2,1-2H3,(H,75,89)(H,76,90)(H,91,92)/t36?,41?,42?,46?,49-,50?,51+,52+,53?,54?,55+,56?,57-,58-,59?,60?,61?,62?,63?,64?,65?,72-,73+,74+/m0/s1. The average Bonchev–Trinajstić information content (AvgIpc) is 1.61. The molecular weight excluding hydrogens is 1410 g/mol. The van der Waals surface area contributed by atoms with Gasteiger partial charge in [0.2, 0.25) is 11.8 Å². The van der Waals surface area contributed by atoms with E-state index in [9.17, 15) is 75.0 Å². The first-order valence-electron chi connectivity index (χ1n) is 35.4. The number of ether oxygens (including phenoxy) is 10. The van der Waals surface area contributed by atoms with Crippen molar-refractivity contribution in [2.75, 3.05) is 26.3 Å². The van der Waals surface area contributed by atoms with Gasteiger partial charge < -0.3 is 118 Å². The van der Waals surface area contributed by atoms with E-state index in [1.165, 1.54) is 29.8 Å². The van der Waals surface area contributed by atoms with Crippen LogP contribution in [0.4, 0.5) is 0 Å². The Labute approximate surface area is 610 Å². The van der Waals surface area contributed by atoms with Crippen molar-refractivity contribution in [1.29, 1.82) is 0 Å². The van der Waals surface area contributed by atoms with E-state index in [0.29, 0.717) is 33.2 Å². The minimum Gasteiger partial charge on any atom is -0.479 e. The summed E-state index contributed by atoms with van der Waals surface area (Å²) in [5, 5.41) is 128. The molecule has 33 heteroatoms. The van der Waals surface area contributed by atoms with E-state index >= 15 is 4.79 Å². The van der Waals surface area contributed by atoms with Gasteiger partial charge in [-0.05, 0) is 75.4 Å². The molecule has 576 valence electrons. The molecule has 0 radical (unpaired) electrons. The van der Waals surface area contributed by atoms with Crippen molar-refractivity contribution in [3.63, 3.8) is 0 Å². The number of fused-ring (bicyclic) bond motifs is 2. The lowest BCUT2D eigenvalue weighted by Crippen LogP contribution is -2.64. The van der Waals surface area contributed by atoms with Gasteiger partial charge in [0.1, 0.15) is 90.1 Å². The van der Waals surface area contributed by atoms with Crippen LogP contribution in [0.15, 0.2) is 146 Å². The zero-order chi connectivity index (χ0) is 75.7. The number of para-hydroxylation sites is 2. The third-order valence-corrected chi connectivity index (χ3v) is 20.0. The summed E-state index contributed by atoms with van der Waals surface area (Å²) in [6.07, 6.45) is -33.5. The van der Waals surface area contributed by atoms with Crippen molar-refractivity contribution in [3.05, 3.63) is 165 Å². The van der Waals surface area contributed by atoms with Gasteiger partial charge in [-0.15, -0.1) is 5.10 Å². The second-order valence-electron chi connectivity index (χ2n) is 27.3. The van der Waals surface area contributed by atoms with Crippen LogP contribution in [0.25, 0.3) is 33.2 Å². The van der Waals surface area contributed by atoms with E-state index < -0.39 is 208 Å². The van der Waals surface area contributed by atoms with Crippen LogP contribution in [-0.2, 0) is 75.0 Å². The third-order valence-electron chi connectivity index (χ3n) is 20.0. The van der Waals surface area contributed by atoms with Crippen molar-refractivity contribution < 1.29 is 126 Å². The van der Waals surface area contributed by atoms with E-state index in [4.69, 9.17) is 56.2 Å². The number of carboxylic acid groups (broad SMARTS) is 1. The van der Waals surface area contributed by atoms with Crippen LogP contribution in [0.1, 0.15) is 79.9 Å². The number of amides is 2. The van der Waals surface area contributed by atoms with Crippen molar-refractivity contribution in [3.8, 4) is 11.3 Å². The number of nitrogens with one attached hydrogen (secondary N) is 2. The van der Waals surface area contributed by atoms with Crippen LogP contribution in [-0.4, -0.2) is 245 Å². The first-order valence-corrected chi connectivity index (χ1v) is 35.4. The molecule has 3 aliphatic heterocycles. The Balaban J connectivity index is 0.805. The maximum atomic E-state index is 15.0. The number of carbonyl (C=O) groups is 4. The molecule has 2 aliphatic carbocycles. The van der Waals surface area contributed by atoms with Crippen LogP contribution >= 0.6 is 0 Å². The molecule has 12 N–H and O–H groups in total. The predicted octanol–water partition coefficient (Wildman–Crippen LogP) is 0.647. The van der Waals surface area contributed by atoms with E-state index in [-0.39, 0.29) is 68.3 Å². The minimum atomic E-state index is -1.91. The fourth-order valence-electron chi connectivity index (χ4n) is 14.2. The summed E-state index contributed by atoms with van der Waals surface area (Å²) in [5.41, 5.74) is 0.229. The van der Waals surface area contributed by atoms with Crippen LogP contribution in [0.5, 0.6) is 0 Å². The van der Waals surface area contributed by atoms with Gasteiger partial charge >= 0.3 is 23.2 Å². The van der Waals surface area contributed by atoms with Gasteiger partial charge in [0.05, 0.1) is 79.8 Å². The molecule has 7 aromatic rings. The Morgan fingerprint density at radius 2 is 1.11 bits per heavy atom. The molecule has 3 saturated heterocycles. The van der Waals surface area contributed by atoms with Gasteiger partial charge in [-0.3, -0.25) is 9.59 Å². The number of aliphatic hydroxyl groups excluding tert-OH is 9. The van der Waals surface area contributed by atoms with Gasteiger partial charge in [-0.25, -0.2) is 23.9 Å². The summed E-state index contributed by atoms with van der Waals surface area (Å²) in [6.45, 7) is 0.0222. The van der Waals surface area contributed by atoms with Crippen LogP contribution in [0, 0.1) is 11.8 Å². The molecule has 5 aliphatic rings. The molecule has 5 fully saturated rings. The number of hydrogen-bond donors (Lipinski definition) is 12. The third kappa shape index (κ3) is 18.0. The number of benzene rings is 4. The maximum absolute atomic E-state index is 15.0. The lowest BCUT2D eigenvalue weighted by atomic mass is 9.80. The lowest BCUT2D eigenvalue weighted by molar-refractivity contribution is -0.348. The topological polar surface area (TPSA) is 478 Å². The lowest BCUT2D eigenvalue weighted by Gasteiger charge is -2.48. The number of carbonyl (C=O) groups excluding carboxylic acids is 3. The smallest absolute Gasteiger partial charge is 0.341 e. The number of aromatic nitrogens is 3. The van der Waals surface area contributed by atoms with E-state index in [1.807, 2.05) is 0 Å². The summed E-state index contributed by atoms with van der Waals surface area (Å²) in [4.78, 5) is 82.8. The molecule has 2 saturated carbocycles. The van der Waals surface area contributed by atoms with Gasteiger partial charge in [0.25, 0.3) is 0 Å². The Morgan fingerprint density at radius 1 is 0.570 bits per heavy atom. The number of esters is 1. The normalized spacial score (nSPS) is 32.1. The highest BCUT2D eigenvalue weighted by molar-refractivity contribution is 5.89. The van der Waals surface area contributed by atoms with E-state index in [1.54, 1.807) is 116 Å². The molecule has 15 unspecified atom stereocenters. The van der Waals surface area contributed by atoms with Gasteiger partial charge in [0.15, 0.2) is 31.1 Å². The number of aliphatic carboxylic acids is 1. The Bertz CT molecular complexity index is 4260. The van der Waals surface area contributed by atoms with Gasteiger partial charge in [-0.1, -0.05) is 103 Å². The fraction of sp³-hybridized carbons (Fsp3) is 0.514.